The maximum Gasteiger partial charge on any atom is 0.341 e. The first kappa shape index (κ1) is 18.7. The number of aromatic carboxylic acids is 1. The summed E-state index contributed by atoms with van der Waals surface area (Å²) in [7, 11) is 2.02. The van der Waals surface area contributed by atoms with Crippen LogP contribution in [-0.2, 0) is 0 Å². The SMILES string of the molecule is Cc1c(F)c(N2CCN(C)CC2)c2c3c1c(=O)c(C(=O)O)c(C)n3[C@@H](C)CO2. The summed E-state index contributed by atoms with van der Waals surface area (Å²) in [4.78, 5) is 28.9. The molecule has 1 atom stereocenters. The van der Waals surface area contributed by atoms with Crippen molar-refractivity contribution in [1.29, 1.82) is 0 Å². The van der Waals surface area contributed by atoms with E-state index in [2.05, 4.69) is 4.90 Å². The molecule has 0 radical (unpaired) electrons. The number of likely N-dealkylation sites (N-methyl/N-ethyl adjacent to an activating group) is 1. The summed E-state index contributed by atoms with van der Waals surface area (Å²) < 4.78 is 23.3. The number of rotatable bonds is 2. The highest BCUT2D eigenvalue weighted by Crippen LogP contribution is 2.44. The molecule has 0 spiro atoms. The number of carboxylic acid groups (broad SMARTS) is 1. The van der Waals surface area contributed by atoms with Crippen LogP contribution in [0.25, 0.3) is 10.9 Å². The lowest BCUT2D eigenvalue weighted by Gasteiger charge is -2.38. The smallest absolute Gasteiger partial charge is 0.341 e. The van der Waals surface area contributed by atoms with Crippen LogP contribution in [0.4, 0.5) is 10.1 Å². The molecular formula is C20H24FN3O4. The molecule has 1 aromatic heterocycles. The number of aromatic nitrogens is 1. The number of aryl methyl sites for hydroxylation is 1. The number of benzene rings is 1. The Hall–Kier alpha value is -2.61. The number of anilines is 1. The summed E-state index contributed by atoms with van der Waals surface area (Å²) in [6, 6.07) is -0.168. The molecule has 2 aliphatic heterocycles. The fraction of sp³-hybridized carbons (Fsp3) is 0.500. The van der Waals surface area contributed by atoms with Gasteiger partial charge in [-0.25, -0.2) is 9.18 Å². The van der Waals surface area contributed by atoms with Crippen LogP contribution in [0.5, 0.6) is 5.75 Å². The largest absolute Gasteiger partial charge is 0.487 e. The summed E-state index contributed by atoms with van der Waals surface area (Å²) in [6.45, 7) is 8.27. The van der Waals surface area contributed by atoms with Gasteiger partial charge in [-0.3, -0.25) is 4.79 Å². The highest BCUT2D eigenvalue weighted by molar-refractivity contribution is 6.00. The van der Waals surface area contributed by atoms with Crippen molar-refractivity contribution in [2.75, 3.05) is 44.7 Å². The van der Waals surface area contributed by atoms with Gasteiger partial charge in [-0.15, -0.1) is 0 Å². The van der Waals surface area contributed by atoms with Crippen molar-refractivity contribution >= 4 is 22.6 Å². The van der Waals surface area contributed by atoms with Crippen LogP contribution in [-0.4, -0.2) is 60.4 Å². The molecule has 8 heteroatoms. The fourth-order valence-corrected chi connectivity index (χ4v) is 4.41. The summed E-state index contributed by atoms with van der Waals surface area (Å²) in [5.74, 6) is -1.46. The lowest BCUT2D eigenvalue weighted by atomic mass is 9.98. The first-order chi connectivity index (χ1) is 13.2. The Labute approximate surface area is 161 Å². The minimum absolute atomic E-state index is 0.0972. The standard InChI is InChI=1S/C20H24FN3O4/c1-10-9-28-19-16-13(18(25)14(20(26)27)12(3)24(10)16)11(2)15(21)17(19)23-7-5-22(4)6-8-23/h10H,5-9H2,1-4H3,(H,26,27)/t10-/m0/s1. The number of nitrogens with zero attached hydrogens (tertiary/aromatic N) is 3. The van der Waals surface area contributed by atoms with Crippen LogP contribution >= 0.6 is 0 Å². The quantitative estimate of drug-likeness (QED) is 0.849. The Morgan fingerprint density at radius 2 is 1.86 bits per heavy atom. The molecule has 3 heterocycles. The lowest BCUT2D eigenvalue weighted by Crippen LogP contribution is -2.45. The van der Waals surface area contributed by atoms with Crippen molar-refractivity contribution in [2.45, 2.75) is 26.8 Å². The van der Waals surface area contributed by atoms with Crippen LogP contribution in [0.3, 0.4) is 0 Å². The van der Waals surface area contributed by atoms with Gasteiger partial charge >= 0.3 is 5.97 Å². The first-order valence-electron chi connectivity index (χ1n) is 9.44. The Morgan fingerprint density at radius 3 is 2.46 bits per heavy atom. The molecule has 2 aromatic rings. The third kappa shape index (κ3) is 2.51. The number of pyridine rings is 1. The van der Waals surface area contributed by atoms with Crippen LogP contribution < -0.4 is 15.1 Å². The molecule has 1 aromatic carbocycles. The molecule has 4 rings (SSSR count). The van der Waals surface area contributed by atoms with Gasteiger partial charge in [-0.1, -0.05) is 0 Å². The summed E-state index contributed by atoms with van der Waals surface area (Å²) >= 11 is 0. The van der Waals surface area contributed by atoms with Crippen molar-refractivity contribution in [3.63, 3.8) is 0 Å². The molecule has 28 heavy (non-hydrogen) atoms. The summed E-state index contributed by atoms with van der Waals surface area (Å²) in [5, 5.41) is 9.69. The van der Waals surface area contributed by atoms with Crippen molar-refractivity contribution in [3.8, 4) is 5.75 Å². The van der Waals surface area contributed by atoms with Gasteiger partial charge < -0.3 is 24.2 Å². The normalized spacial score (nSPS) is 19.8. The molecule has 1 saturated heterocycles. The van der Waals surface area contributed by atoms with Gasteiger partial charge in [0, 0.05) is 37.4 Å². The number of carbonyl (C=O) groups is 1. The summed E-state index contributed by atoms with van der Waals surface area (Å²) in [6.07, 6.45) is 0. The number of hydrogen-bond donors (Lipinski definition) is 1. The highest BCUT2D eigenvalue weighted by Gasteiger charge is 2.34. The second-order valence-electron chi connectivity index (χ2n) is 7.76. The van der Waals surface area contributed by atoms with Crippen LogP contribution in [0.2, 0.25) is 0 Å². The average Bonchev–Trinajstić information content (AvgIpc) is 2.63. The second kappa shape index (κ2) is 6.48. The lowest BCUT2D eigenvalue weighted by molar-refractivity contribution is 0.0693. The number of piperazine rings is 1. The molecule has 0 bridgehead atoms. The molecule has 1 fully saturated rings. The van der Waals surface area contributed by atoms with Crippen molar-refractivity contribution in [2.24, 2.45) is 0 Å². The molecule has 2 aliphatic rings. The van der Waals surface area contributed by atoms with Crippen LogP contribution in [0.15, 0.2) is 4.79 Å². The van der Waals surface area contributed by atoms with E-state index in [0.29, 0.717) is 35.7 Å². The second-order valence-corrected chi connectivity index (χ2v) is 7.76. The molecule has 0 aliphatic carbocycles. The minimum Gasteiger partial charge on any atom is -0.487 e. The van der Waals surface area contributed by atoms with Gasteiger partial charge in [-0.2, -0.15) is 0 Å². The highest BCUT2D eigenvalue weighted by atomic mass is 19.1. The van der Waals surface area contributed by atoms with Crippen molar-refractivity contribution in [3.05, 3.63) is 32.9 Å². The van der Waals surface area contributed by atoms with Crippen LogP contribution in [0, 0.1) is 19.7 Å². The van der Waals surface area contributed by atoms with Gasteiger partial charge in [0.2, 0.25) is 5.43 Å². The van der Waals surface area contributed by atoms with Crippen LogP contribution in [0.1, 0.15) is 34.6 Å². The first-order valence-corrected chi connectivity index (χ1v) is 9.44. The molecule has 0 saturated carbocycles. The van der Waals surface area contributed by atoms with E-state index in [0.717, 1.165) is 13.1 Å². The van der Waals surface area contributed by atoms with E-state index in [-0.39, 0.29) is 29.2 Å². The Bertz CT molecular complexity index is 1050. The third-order valence-electron chi connectivity index (χ3n) is 5.94. The zero-order valence-electron chi connectivity index (χ0n) is 16.5. The van der Waals surface area contributed by atoms with Gasteiger partial charge in [0.1, 0.15) is 17.9 Å². The molecule has 0 amide bonds. The van der Waals surface area contributed by atoms with E-state index >= 15 is 4.39 Å². The maximum absolute atomic E-state index is 15.5. The fourth-order valence-electron chi connectivity index (χ4n) is 4.41. The van der Waals surface area contributed by atoms with Crippen molar-refractivity contribution < 1.29 is 19.0 Å². The predicted molar refractivity (Wildman–Crippen MR) is 105 cm³/mol. The van der Waals surface area contributed by atoms with Gasteiger partial charge in [0.15, 0.2) is 11.6 Å². The zero-order chi connectivity index (χ0) is 20.3. The molecular weight excluding hydrogens is 365 g/mol. The minimum atomic E-state index is -1.30. The maximum atomic E-state index is 15.5. The van der Waals surface area contributed by atoms with E-state index < -0.39 is 17.2 Å². The number of hydrogen-bond acceptors (Lipinski definition) is 5. The van der Waals surface area contributed by atoms with Gasteiger partial charge in [0.05, 0.1) is 16.9 Å². The number of halogens is 1. The zero-order valence-corrected chi connectivity index (χ0v) is 16.5. The Kier molecular flexibility index (Phi) is 4.33. The molecule has 7 nitrogen and oxygen atoms in total. The molecule has 0 unspecified atom stereocenters. The van der Waals surface area contributed by atoms with Crippen molar-refractivity contribution in [1.82, 2.24) is 9.47 Å². The number of ether oxygens (including phenoxy) is 1. The molecule has 1 N–H and O–H groups in total. The summed E-state index contributed by atoms with van der Waals surface area (Å²) in [5.41, 5.74) is 0.460. The Morgan fingerprint density at radius 1 is 1.21 bits per heavy atom. The van der Waals surface area contributed by atoms with E-state index in [9.17, 15) is 14.7 Å². The molecule has 150 valence electrons. The average molecular weight is 389 g/mol. The topological polar surface area (TPSA) is 75.0 Å². The van der Waals surface area contributed by atoms with E-state index in [4.69, 9.17) is 4.74 Å². The van der Waals surface area contributed by atoms with E-state index in [1.165, 1.54) is 0 Å². The van der Waals surface area contributed by atoms with Gasteiger partial charge in [0.25, 0.3) is 0 Å². The monoisotopic (exact) mass is 389 g/mol. The Balaban J connectivity index is 2.12. The predicted octanol–water partition coefficient (Wildman–Crippen LogP) is 2.16. The van der Waals surface area contributed by atoms with E-state index in [1.54, 1.807) is 13.8 Å². The third-order valence-corrected chi connectivity index (χ3v) is 5.94. The number of carboxylic acids is 1. The van der Waals surface area contributed by atoms with E-state index in [1.807, 2.05) is 23.4 Å². The van der Waals surface area contributed by atoms with Gasteiger partial charge in [-0.05, 0) is 27.8 Å².